The maximum Gasteiger partial charge on any atom is 0.263 e. The number of rotatable bonds is 5. The molecular formula is C15H17F2N3. The minimum Gasteiger partial charge on any atom is -0.373 e. The largest absolute Gasteiger partial charge is 0.373 e. The smallest absolute Gasteiger partial charge is 0.263 e. The Morgan fingerprint density at radius 2 is 1.85 bits per heavy atom. The standard InChI is InChI=1S/C15H17F2N3/c1-3-4-12-9-13(18-2)20-15(19-12)11-7-5-10(6-8-11)14(16)17/h5-9,14H,3-4H2,1-2H3,(H,18,19,20). The van der Waals surface area contributed by atoms with Gasteiger partial charge in [-0.05, 0) is 6.42 Å². The monoisotopic (exact) mass is 277 g/mol. The number of anilines is 1. The molecule has 0 aliphatic heterocycles. The van der Waals surface area contributed by atoms with Gasteiger partial charge < -0.3 is 5.32 Å². The Balaban J connectivity index is 2.37. The number of alkyl halides is 2. The van der Waals surface area contributed by atoms with Crippen molar-refractivity contribution >= 4 is 5.82 Å². The molecule has 3 nitrogen and oxygen atoms in total. The quantitative estimate of drug-likeness (QED) is 0.895. The summed E-state index contributed by atoms with van der Waals surface area (Å²) < 4.78 is 25.1. The molecule has 0 radical (unpaired) electrons. The van der Waals surface area contributed by atoms with Gasteiger partial charge in [0, 0.05) is 29.9 Å². The molecule has 1 N–H and O–H groups in total. The first-order valence-electron chi connectivity index (χ1n) is 6.58. The molecule has 2 rings (SSSR count). The van der Waals surface area contributed by atoms with Crippen LogP contribution in [0.5, 0.6) is 0 Å². The molecule has 0 amide bonds. The van der Waals surface area contributed by atoms with Gasteiger partial charge >= 0.3 is 0 Å². The number of nitrogens with zero attached hydrogens (tertiary/aromatic N) is 2. The number of hydrogen-bond donors (Lipinski definition) is 1. The predicted molar refractivity (Wildman–Crippen MR) is 76.0 cm³/mol. The third-order valence-corrected chi connectivity index (χ3v) is 2.96. The lowest BCUT2D eigenvalue weighted by atomic mass is 10.1. The third kappa shape index (κ3) is 3.29. The minimum atomic E-state index is -2.45. The van der Waals surface area contributed by atoms with E-state index in [4.69, 9.17) is 0 Å². The van der Waals surface area contributed by atoms with Gasteiger partial charge in [0.1, 0.15) is 5.82 Å². The molecule has 0 aliphatic carbocycles. The van der Waals surface area contributed by atoms with Gasteiger partial charge in [0.25, 0.3) is 6.43 Å². The van der Waals surface area contributed by atoms with Gasteiger partial charge in [0.05, 0.1) is 0 Å². The van der Waals surface area contributed by atoms with Crippen molar-refractivity contribution in [1.29, 1.82) is 0 Å². The van der Waals surface area contributed by atoms with E-state index in [1.807, 2.05) is 6.07 Å². The average molecular weight is 277 g/mol. The van der Waals surface area contributed by atoms with E-state index in [1.54, 1.807) is 19.2 Å². The second-order valence-electron chi connectivity index (χ2n) is 4.49. The zero-order valence-electron chi connectivity index (χ0n) is 11.5. The van der Waals surface area contributed by atoms with Crippen molar-refractivity contribution in [2.75, 3.05) is 12.4 Å². The third-order valence-electron chi connectivity index (χ3n) is 2.96. The Morgan fingerprint density at radius 1 is 1.15 bits per heavy atom. The number of aromatic nitrogens is 2. The Labute approximate surface area is 117 Å². The molecule has 0 saturated heterocycles. The fourth-order valence-corrected chi connectivity index (χ4v) is 1.92. The van der Waals surface area contributed by atoms with Crippen molar-refractivity contribution in [2.24, 2.45) is 0 Å². The summed E-state index contributed by atoms with van der Waals surface area (Å²) in [5.74, 6) is 1.29. The van der Waals surface area contributed by atoms with E-state index in [0.717, 1.165) is 29.9 Å². The lowest BCUT2D eigenvalue weighted by Crippen LogP contribution is -2.01. The summed E-state index contributed by atoms with van der Waals surface area (Å²) in [6.45, 7) is 2.08. The number of benzene rings is 1. The van der Waals surface area contributed by atoms with Crippen molar-refractivity contribution in [3.8, 4) is 11.4 Å². The predicted octanol–water partition coefficient (Wildman–Crippen LogP) is 4.08. The van der Waals surface area contributed by atoms with Gasteiger partial charge in [-0.15, -0.1) is 0 Å². The summed E-state index contributed by atoms with van der Waals surface area (Å²) in [5.41, 5.74) is 1.69. The van der Waals surface area contributed by atoms with Crippen LogP contribution in [0, 0.1) is 0 Å². The first-order chi connectivity index (χ1) is 9.63. The van der Waals surface area contributed by atoms with Crippen LogP contribution < -0.4 is 5.32 Å². The summed E-state index contributed by atoms with van der Waals surface area (Å²) in [7, 11) is 1.79. The number of nitrogens with one attached hydrogen (secondary N) is 1. The van der Waals surface area contributed by atoms with E-state index in [-0.39, 0.29) is 5.56 Å². The summed E-state index contributed by atoms with van der Waals surface area (Å²) in [4.78, 5) is 8.85. The highest BCUT2D eigenvalue weighted by molar-refractivity contribution is 5.58. The van der Waals surface area contributed by atoms with Crippen LogP contribution in [0.4, 0.5) is 14.6 Å². The summed E-state index contributed by atoms with van der Waals surface area (Å²) in [6, 6.07) is 7.99. The van der Waals surface area contributed by atoms with Crippen molar-refractivity contribution in [3.05, 3.63) is 41.6 Å². The molecule has 2 aromatic rings. The van der Waals surface area contributed by atoms with Gasteiger partial charge in [-0.25, -0.2) is 18.7 Å². The first kappa shape index (κ1) is 14.4. The molecule has 0 saturated carbocycles. The van der Waals surface area contributed by atoms with E-state index in [2.05, 4.69) is 22.2 Å². The molecule has 1 heterocycles. The van der Waals surface area contributed by atoms with Crippen LogP contribution in [-0.4, -0.2) is 17.0 Å². The molecule has 1 aromatic carbocycles. The fraction of sp³-hybridized carbons (Fsp3) is 0.333. The number of halogens is 2. The Kier molecular flexibility index (Phi) is 4.61. The van der Waals surface area contributed by atoms with E-state index in [0.29, 0.717) is 5.82 Å². The highest BCUT2D eigenvalue weighted by Crippen LogP contribution is 2.23. The fourth-order valence-electron chi connectivity index (χ4n) is 1.92. The van der Waals surface area contributed by atoms with Gasteiger partial charge in [0.2, 0.25) is 0 Å². The average Bonchev–Trinajstić information content (AvgIpc) is 2.47. The summed E-state index contributed by atoms with van der Waals surface area (Å²) >= 11 is 0. The zero-order valence-corrected chi connectivity index (χ0v) is 11.5. The van der Waals surface area contributed by atoms with Crippen molar-refractivity contribution in [2.45, 2.75) is 26.2 Å². The number of aryl methyl sites for hydroxylation is 1. The highest BCUT2D eigenvalue weighted by Gasteiger charge is 2.09. The van der Waals surface area contributed by atoms with Crippen LogP contribution >= 0.6 is 0 Å². The Bertz CT molecular complexity index is 568. The minimum absolute atomic E-state index is 0.00676. The van der Waals surface area contributed by atoms with Gasteiger partial charge in [-0.2, -0.15) is 0 Å². The molecule has 0 atom stereocenters. The second kappa shape index (κ2) is 6.41. The molecule has 106 valence electrons. The Morgan fingerprint density at radius 3 is 2.40 bits per heavy atom. The zero-order chi connectivity index (χ0) is 14.5. The van der Waals surface area contributed by atoms with Crippen molar-refractivity contribution < 1.29 is 8.78 Å². The van der Waals surface area contributed by atoms with Gasteiger partial charge in [-0.3, -0.25) is 0 Å². The van der Waals surface area contributed by atoms with Crippen LogP contribution in [0.1, 0.15) is 31.0 Å². The summed E-state index contributed by atoms with van der Waals surface area (Å²) in [5, 5.41) is 2.99. The van der Waals surface area contributed by atoms with E-state index < -0.39 is 6.43 Å². The molecule has 0 bridgehead atoms. The maximum atomic E-state index is 12.5. The van der Waals surface area contributed by atoms with E-state index >= 15 is 0 Å². The van der Waals surface area contributed by atoms with Crippen molar-refractivity contribution in [3.63, 3.8) is 0 Å². The second-order valence-corrected chi connectivity index (χ2v) is 4.49. The topological polar surface area (TPSA) is 37.8 Å². The maximum absolute atomic E-state index is 12.5. The molecule has 0 unspecified atom stereocenters. The lowest BCUT2D eigenvalue weighted by molar-refractivity contribution is 0.151. The van der Waals surface area contributed by atoms with E-state index in [1.165, 1.54) is 12.1 Å². The molecule has 0 fully saturated rings. The molecule has 5 heteroatoms. The lowest BCUT2D eigenvalue weighted by Gasteiger charge is -2.08. The first-order valence-corrected chi connectivity index (χ1v) is 6.58. The number of hydrogen-bond acceptors (Lipinski definition) is 3. The van der Waals surface area contributed by atoms with Crippen LogP contribution in [0.2, 0.25) is 0 Å². The van der Waals surface area contributed by atoms with Gasteiger partial charge in [-0.1, -0.05) is 37.6 Å². The van der Waals surface area contributed by atoms with Crippen LogP contribution in [-0.2, 0) is 6.42 Å². The normalized spacial score (nSPS) is 10.8. The van der Waals surface area contributed by atoms with Crippen LogP contribution in [0.3, 0.4) is 0 Å². The van der Waals surface area contributed by atoms with Crippen LogP contribution in [0.25, 0.3) is 11.4 Å². The molecule has 20 heavy (non-hydrogen) atoms. The van der Waals surface area contributed by atoms with E-state index in [9.17, 15) is 8.78 Å². The van der Waals surface area contributed by atoms with Crippen LogP contribution in [0.15, 0.2) is 30.3 Å². The molecular weight excluding hydrogens is 260 g/mol. The van der Waals surface area contributed by atoms with Crippen molar-refractivity contribution in [1.82, 2.24) is 9.97 Å². The summed E-state index contributed by atoms with van der Waals surface area (Å²) in [6.07, 6.45) is -0.604. The highest BCUT2D eigenvalue weighted by atomic mass is 19.3. The molecule has 1 aromatic heterocycles. The van der Waals surface area contributed by atoms with Gasteiger partial charge in [0.15, 0.2) is 5.82 Å². The SMILES string of the molecule is CCCc1cc(NC)nc(-c2ccc(C(F)F)cc2)n1. The molecule has 0 aliphatic rings. The molecule has 0 spiro atoms. The Hall–Kier alpha value is -2.04.